The molecule has 1 aliphatic heterocycles. The molecule has 1 saturated heterocycles. The van der Waals surface area contributed by atoms with Crippen molar-refractivity contribution in [2.45, 2.75) is 0 Å². The van der Waals surface area contributed by atoms with Gasteiger partial charge in [0.25, 0.3) is 5.91 Å². The van der Waals surface area contributed by atoms with Crippen molar-refractivity contribution < 1.29 is 19.1 Å². The molecule has 4 rings (SSSR count). The molecule has 0 unspecified atom stereocenters. The Morgan fingerprint density at radius 3 is 2.43 bits per heavy atom. The number of thioether (sulfide) groups is 1. The van der Waals surface area contributed by atoms with Crippen LogP contribution < -0.4 is 4.90 Å². The number of carbonyl (C=O) groups is 2. The zero-order valence-corrected chi connectivity index (χ0v) is 16.0. The molecule has 0 radical (unpaired) electrons. The Morgan fingerprint density at radius 1 is 1.04 bits per heavy atom. The third-order valence-corrected chi connectivity index (χ3v) is 5.43. The molecule has 0 aliphatic carbocycles. The van der Waals surface area contributed by atoms with E-state index in [1.54, 1.807) is 30.3 Å². The first-order chi connectivity index (χ1) is 13.5. The van der Waals surface area contributed by atoms with Crippen LogP contribution >= 0.6 is 24.0 Å². The highest BCUT2D eigenvalue weighted by Crippen LogP contribution is 2.36. The minimum absolute atomic E-state index is 0.190. The molecule has 0 atom stereocenters. The van der Waals surface area contributed by atoms with E-state index in [-0.39, 0.29) is 11.5 Å². The van der Waals surface area contributed by atoms with Gasteiger partial charge in [-0.2, -0.15) is 0 Å². The maximum Gasteiger partial charge on any atom is 0.335 e. The topological polar surface area (TPSA) is 70.8 Å². The molecule has 0 bridgehead atoms. The number of carboxylic acids is 1. The molecular formula is C21H13NO4S2. The van der Waals surface area contributed by atoms with Crippen LogP contribution in [0.5, 0.6) is 0 Å². The predicted octanol–water partition coefficient (Wildman–Crippen LogP) is 5.05. The van der Waals surface area contributed by atoms with Crippen LogP contribution in [0.3, 0.4) is 0 Å². The Balaban J connectivity index is 1.58. The molecular weight excluding hydrogens is 394 g/mol. The van der Waals surface area contributed by atoms with E-state index in [0.717, 1.165) is 11.3 Å². The van der Waals surface area contributed by atoms with Crippen molar-refractivity contribution in [3.63, 3.8) is 0 Å². The number of anilines is 1. The number of benzene rings is 2. The molecule has 2 heterocycles. The molecule has 2 aromatic carbocycles. The fourth-order valence-electron chi connectivity index (χ4n) is 2.76. The molecule has 7 heteroatoms. The second-order valence-corrected chi connectivity index (χ2v) is 7.61. The average molecular weight is 407 g/mol. The number of carboxylic acid groups (broad SMARTS) is 1. The van der Waals surface area contributed by atoms with Crippen LogP contribution in [-0.4, -0.2) is 21.3 Å². The number of thiocarbonyl (C=S) groups is 1. The smallest absolute Gasteiger partial charge is 0.335 e. The van der Waals surface area contributed by atoms with Crippen molar-refractivity contribution in [3.8, 4) is 11.3 Å². The van der Waals surface area contributed by atoms with E-state index in [4.69, 9.17) is 21.7 Å². The van der Waals surface area contributed by atoms with E-state index >= 15 is 0 Å². The summed E-state index contributed by atoms with van der Waals surface area (Å²) in [4.78, 5) is 25.7. The van der Waals surface area contributed by atoms with Crippen LogP contribution in [0.1, 0.15) is 16.1 Å². The normalized spacial score (nSPS) is 15.4. The van der Waals surface area contributed by atoms with Crippen molar-refractivity contribution >= 4 is 51.9 Å². The number of rotatable bonds is 4. The molecule has 5 nitrogen and oxygen atoms in total. The summed E-state index contributed by atoms with van der Waals surface area (Å²) >= 11 is 6.58. The first kappa shape index (κ1) is 18.2. The lowest BCUT2D eigenvalue weighted by atomic mass is 10.1. The number of nitrogens with zero attached hydrogens (tertiary/aromatic N) is 1. The second kappa shape index (κ2) is 7.46. The molecule has 3 aromatic rings. The van der Waals surface area contributed by atoms with E-state index < -0.39 is 5.97 Å². The SMILES string of the molecule is O=C(O)c1ccc(-c2ccc(/C=C3/SC(=S)N(c4ccccc4)C3=O)o2)cc1. The van der Waals surface area contributed by atoms with Crippen molar-refractivity contribution in [3.05, 3.63) is 83.0 Å². The quantitative estimate of drug-likeness (QED) is 0.482. The molecule has 0 spiro atoms. The number of furan rings is 1. The third kappa shape index (κ3) is 3.49. The fraction of sp³-hybridized carbons (Fsp3) is 0. The predicted molar refractivity (Wildman–Crippen MR) is 113 cm³/mol. The van der Waals surface area contributed by atoms with Crippen LogP contribution in [0.25, 0.3) is 17.4 Å². The molecule has 0 saturated carbocycles. The van der Waals surface area contributed by atoms with Gasteiger partial charge in [-0.05, 0) is 36.4 Å². The van der Waals surface area contributed by atoms with Gasteiger partial charge in [0.2, 0.25) is 0 Å². The zero-order valence-electron chi connectivity index (χ0n) is 14.4. The monoisotopic (exact) mass is 407 g/mol. The Bertz CT molecular complexity index is 1100. The van der Waals surface area contributed by atoms with Crippen LogP contribution in [0.2, 0.25) is 0 Å². The van der Waals surface area contributed by atoms with Gasteiger partial charge >= 0.3 is 5.97 Å². The number of para-hydroxylation sites is 1. The number of hydrogen-bond acceptors (Lipinski definition) is 5. The van der Waals surface area contributed by atoms with Gasteiger partial charge in [0.1, 0.15) is 11.5 Å². The molecule has 138 valence electrons. The molecule has 1 aromatic heterocycles. The van der Waals surface area contributed by atoms with Gasteiger partial charge in [0.05, 0.1) is 16.2 Å². The van der Waals surface area contributed by atoms with Gasteiger partial charge in [-0.1, -0.05) is 54.3 Å². The third-order valence-electron chi connectivity index (χ3n) is 4.12. The molecule has 1 aliphatic rings. The summed E-state index contributed by atoms with van der Waals surface area (Å²) in [5.41, 5.74) is 1.69. The lowest BCUT2D eigenvalue weighted by Gasteiger charge is -2.13. The summed E-state index contributed by atoms with van der Waals surface area (Å²) in [6.07, 6.45) is 1.66. The van der Waals surface area contributed by atoms with Crippen LogP contribution in [0.4, 0.5) is 5.69 Å². The number of amides is 1. The Morgan fingerprint density at radius 2 is 1.75 bits per heavy atom. The van der Waals surface area contributed by atoms with Crippen LogP contribution in [0, 0.1) is 0 Å². The van der Waals surface area contributed by atoms with Crippen LogP contribution in [-0.2, 0) is 4.79 Å². The lowest BCUT2D eigenvalue weighted by Crippen LogP contribution is -2.27. The number of carbonyl (C=O) groups excluding carboxylic acids is 1. The largest absolute Gasteiger partial charge is 0.478 e. The van der Waals surface area contributed by atoms with Gasteiger partial charge in [-0.3, -0.25) is 9.69 Å². The zero-order chi connectivity index (χ0) is 19.7. The Labute approximate surface area is 170 Å². The molecule has 1 N–H and O–H groups in total. The van der Waals surface area contributed by atoms with Gasteiger partial charge in [-0.25, -0.2) is 4.79 Å². The van der Waals surface area contributed by atoms with E-state index in [0.29, 0.717) is 20.7 Å². The van der Waals surface area contributed by atoms with Gasteiger partial charge in [0.15, 0.2) is 4.32 Å². The lowest BCUT2D eigenvalue weighted by molar-refractivity contribution is -0.113. The standard InChI is InChI=1S/C21H13NO4S2/c23-19-18(28-21(27)22(19)15-4-2-1-3-5-15)12-16-10-11-17(26-16)13-6-8-14(9-7-13)20(24)25/h1-12H,(H,24,25)/b18-12+. The first-order valence-electron chi connectivity index (χ1n) is 8.29. The number of aromatic carboxylic acids is 1. The summed E-state index contributed by atoms with van der Waals surface area (Å²) < 4.78 is 6.28. The Kier molecular flexibility index (Phi) is 4.85. The van der Waals surface area contributed by atoms with Crippen molar-refractivity contribution in [2.75, 3.05) is 4.90 Å². The van der Waals surface area contributed by atoms with Gasteiger partial charge in [0, 0.05) is 11.6 Å². The summed E-state index contributed by atoms with van der Waals surface area (Å²) in [7, 11) is 0. The average Bonchev–Trinajstić information content (AvgIpc) is 3.27. The van der Waals surface area contributed by atoms with E-state index in [9.17, 15) is 9.59 Å². The molecule has 1 amide bonds. The van der Waals surface area contributed by atoms with E-state index in [1.165, 1.54) is 28.8 Å². The highest BCUT2D eigenvalue weighted by molar-refractivity contribution is 8.27. The number of hydrogen-bond donors (Lipinski definition) is 1. The minimum atomic E-state index is -0.980. The van der Waals surface area contributed by atoms with Crippen LogP contribution in [0.15, 0.2) is 76.1 Å². The minimum Gasteiger partial charge on any atom is -0.478 e. The molecule has 28 heavy (non-hydrogen) atoms. The highest BCUT2D eigenvalue weighted by atomic mass is 32.2. The van der Waals surface area contributed by atoms with Crippen molar-refractivity contribution in [1.29, 1.82) is 0 Å². The van der Waals surface area contributed by atoms with E-state index in [1.807, 2.05) is 30.3 Å². The molecule has 1 fully saturated rings. The maximum absolute atomic E-state index is 12.8. The summed E-state index contributed by atoms with van der Waals surface area (Å²) in [5, 5.41) is 8.98. The maximum atomic E-state index is 12.8. The summed E-state index contributed by atoms with van der Waals surface area (Å²) in [6, 6.07) is 19.2. The van der Waals surface area contributed by atoms with Crippen molar-refractivity contribution in [2.24, 2.45) is 0 Å². The highest BCUT2D eigenvalue weighted by Gasteiger charge is 2.33. The van der Waals surface area contributed by atoms with Gasteiger partial charge in [-0.15, -0.1) is 0 Å². The van der Waals surface area contributed by atoms with E-state index in [2.05, 4.69) is 0 Å². The summed E-state index contributed by atoms with van der Waals surface area (Å²) in [5.74, 6) is -0.0651. The summed E-state index contributed by atoms with van der Waals surface area (Å²) in [6.45, 7) is 0. The fourth-order valence-corrected chi connectivity index (χ4v) is 4.04. The van der Waals surface area contributed by atoms with Gasteiger partial charge < -0.3 is 9.52 Å². The Hall–Kier alpha value is -3.16. The van der Waals surface area contributed by atoms with Crippen molar-refractivity contribution in [1.82, 2.24) is 0 Å². The second-order valence-electron chi connectivity index (χ2n) is 5.94. The first-order valence-corrected chi connectivity index (χ1v) is 9.52.